The molecule has 2 aromatic carbocycles. The Kier molecular flexibility index (Phi) is 6.58. The van der Waals surface area contributed by atoms with Crippen molar-refractivity contribution in [2.24, 2.45) is 5.73 Å². The van der Waals surface area contributed by atoms with E-state index in [-0.39, 0.29) is 30.2 Å². The molecule has 2 N–H and O–H groups in total. The Labute approximate surface area is 160 Å². The first kappa shape index (κ1) is 19.5. The van der Waals surface area contributed by atoms with Crippen molar-refractivity contribution in [2.45, 2.75) is 38.4 Å². The Balaban J connectivity index is 1.50. The number of carbonyl (C=O) groups is 1. The lowest BCUT2D eigenvalue weighted by molar-refractivity contribution is -0.136. The number of nitrogens with two attached hydrogens (primary N) is 1. The molecular weight excluding hydrogens is 341 g/mol. The zero-order valence-electron chi connectivity index (χ0n) is 15.9. The lowest BCUT2D eigenvalue weighted by atomic mass is 10.0. The number of hydrogen-bond acceptors (Lipinski definition) is 3. The number of benzene rings is 2. The van der Waals surface area contributed by atoms with Gasteiger partial charge in [0.1, 0.15) is 5.82 Å². The maximum atomic E-state index is 13.8. The lowest BCUT2D eigenvalue weighted by Gasteiger charge is -2.40. The number of nitrogens with zero attached hydrogens (tertiary/aromatic N) is 2. The Morgan fingerprint density at radius 3 is 2.56 bits per heavy atom. The van der Waals surface area contributed by atoms with Crippen molar-refractivity contribution in [1.29, 1.82) is 0 Å². The van der Waals surface area contributed by atoms with Gasteiger partial charge in [0.05, 0.1) is 0 Å². The van der Waals surface area contributed by atoms with Crippen molar-refractivity contribution in [3.63, 3.8) is 0 Å². The summed E-state index contributed by atoms with van der Waals surface area (Å²) in [5.41, 5.74) is 7.99. The largest absolute Gasteiger partial charge is 0.337 e. The number of hydrogen-bond donors (Lipinski definition) is 1. The first-order valence-corrected chi connectivity index (χ1v) is 9.57. The van der Waals surface area contributed by atoms with Gasteiger partial charge in [0.2, 0.25) is 5.91 Å². The molecule has 0 aromatic heterocycles. The number of halogens is 1. The van der Waals surface area contributed by atoms with E-state index >= 15 is 0 Å². The topological polar surface area (TPSA) is 49.6 Å². The van der Waals surface area contributed by atoms with Gasteiger partial charge in [0, 0.05) is 44.7 Å². The third-order valence-corrected chi connectivity index (χ3v) is 5.16. The summed E-state index contributed by atoms with van der Waals surface area (Å²) < 4.78 is 13.8. The van der Waals surface area contributed by atoms with E-state index in [2.05, 4.69) is 36.1 Å². The van der Waals surface area contributed by atoms with Crippen LogP contribution in [-0.4, -0.2) is 47.4 Å². The molecule has 1 amide bonds. The van der Waals surface area contributed by atoms with Gasteiger partial charge in [0.25, 0.3) is 0 Å². The molecule has 1 aliphatic rings. The number of carbonyl (C=O) groups excluding carboxylic acids is 1. The molecule has 0 spiro atoms. The lowest BCUT2D eigenvalue weighted by Crippen LogP contribution is -2.54. The fourth-order valence-electron chi connectivity index (χ4n) is 3.75. The maximum Gasteiger partial charge on any atom is 0.224 e. The van der Waals surface area contributed by atoms with E-state index in [4.69, 9.17) is 5.73 Å². The van der Waals surface area contributed by atoms with Crippen LogP contribution >= 0.6 is 0 Å². The van der Waals surface area contributed by atoms with Crippen LogP contribution in [0, 0.1) is 5.82 Å². The quantitative estimate of drug-likeness (QED) is 0.852. The summed E-state index contributed by atoms with van der Waals surface area (Å²) in [5, 5.41) is 0. The molecule has 1 fully saturated rings. The van der Waals surface area contributed by atoms with Crippen LogP contribution in [-0.2, 0) is 17.8 Å². The average Bonchev–Trinajstić information content (AvgIpc) is 2.64. The van der Waals surface area contributed by atoms with Crippen LogP contribution in [0.2, 0.25) is 0 Å². The van der Waals surface area contributed by atoms with Crippen molar-refractivity contribution in [2.75, 3.05) is 19.6 Å². The highest BCUT2D eigenvalue weighted by molar-refractivity contribution is 5.77. The highest BCUT2D eigenvalue weighted by atomic mass is 19.1. The van der Waals surface area contributed by atoms with Gasteiger partial charge in [-0.25, -0.2) is 4.39 Å². The van der Waals surface area contributed by atoms with Gasteiger partial charge in [-0.2, -0.15) is 0 Å². The van der Waals surface area contributed by atoms with Crippen LogP contribution in [0.15, 0.2) is 54.6 Å². The van der Waals surface area contributed by atoms with Crippen LogP contribution in [0.25, 0.3) is 0 Å². The molecule has 0 aliphatic carbocycles. The minimum absolute atomic E-state index is 0.0608. The fourth-order valence-corrected chi connectivity index (χ4v) is 3.75. The van der Waals surface area contributed by atoms with Gasteiger partial charge in [-0.1, -0.05) is 48.5 Å². The Bertz CT molecular complexity index is 752. The highest BCUT2D eigenvalue weighted by Crippen LogP contribution is 2.16. The average molecular weight is 369 g/mol. The van der Waals surface area contributed by atoms with Crippen LogP contribution in [0.1, 0.15) is 24.5 Å². The van der Waals surface area contributed by atoms with E-state index in [0.717, 1.165) is 19.6 Å². The predicted molar refractivity (Wildman–Crippen MR) is 106 cm³/mol. The molecule has 0 unspecified atom stereocenters. The molecule has 1 saturated heterocycles. The third kappa shape index (κ3) is 5.37. The first-order chi connectivity index (χ1) is 13.0. The van der Waals surface area contributed by atoms with Crippen molar-refractivity contribution in [1.82, 2.24) is 9.80 Å². The molecule has 3 rings (SSSR count). The van der Waals surface area contributed by atoms with E-state index in [1.807, 2.05) is 11.0 Å². The molecule has 4 nitrogen and oxygen atoms in total. The SMILES string of the molecule is C[C@@H]1CN(Cc2ccccc2)CCN1C(=O)C[C@H](N)Cc1ccccc1F. The molecule has 0 radical (unpaired) electrons. The summed E-state index contributed by atoms with van der Waals surface area (Å²) in [7, 11) is 0. The molecule has 144 valence electrons. The van der Waals surface area contributed by atoms with Gasteiger partial charge in [-0.3, -0.25) is 9.69 Å². The Morgan fingerprint density at radius 2 is 1.85 bits per heavy atom. The number of amides is 1. The van der Waals surface area contributed by atoms with E-state index in [0.29, 0.717) is 18.5 Å². The first-order valence-electron chi connectivity index (χ1n) is 9.57. The van der Waals surface area contributed by atoms with Crippen LogP contribution in [0.5, 0.6) is 0 Å². The maximum absolute atomic E-state index is 13.8. The summed E-state index contributed by atoms with van der Waals surface area (Å²) in [6, 6.07) is 16.8. The monoisotopic (exact) mass is 369 g/mol. The molecule has 5 heteroatoms. The zero-order chi connectivity index (χ0) is 19.2. The molecule has 1 aliphatic heterocycles. The third-order valence-electron chi connectivity index (χ3n) is 5.16. The number of rotatable bonds is 6. The summed E-state index contributed by atoms with van der Waals surface area (Å²) in [4.78, 5) is 17.0. The molecule has 27 heavy (non-hydrogen) atoms. The minimum Gasteiger partial charge on any atom is -0.337 e. The van der Waals surface area contributed by atoms with Crippen molar-refractivity contribution < 1.29 is 9.18 Å². The second-order valence-corrected chi connectivity index (χ2v) is 7.42. The molecule has 2 atom stereocenters. The minimum atomic E-state index is -0.371. The second-order valence-electron chi connectivity index (χ2n) is 7.42. The van der Waals surface area contributed by atoms with Gasteiger partial charge in [0.15, 0.2) is 0 Å². The van der Waals surface area contributed by atoms with E-state index in [1.165, 1.54) is 11.6 Å². The van der Waals surface area contributed by atoms with Gasteiger partial charge in [-0.05, 0) is 30.5 Å². The van der Waals surface area contributed by atoms with Crippen molar-refractivity contribution in [3.05, 3.63) is 71.5 Å². The van der Waals surface area contributed by atoms with Gasteiger partial charge < -0.3 is 10.6 Å². The van der Waals surface area contributed by atoms with E-state index in [1.54, 1.807) is 18.2 Å². The second kappa shape index (κ2) is 9.11. The summed E-state index contributed by atoms with van der Waals surface area (Å²) >= 11 is 0. The highest BCUT2D eigenvalue weighted by Gasteiger charge is 2.28. The summed E-state index contributed by atoms with van der Waals surface area (Å²) in [6.45, 7) is 5.40. The van der Waals surface area contributed by atoms with Gasteiger partial charge in [-0.15, -0.1) is 0 Å². The predicted octanol–water partition coefficient (Wildman–Crippen LogP) is 2.82. The van der Waals surface area contributed by atoms with Crippen LogP contribution in [0.4, 0.5) is 4.39 Å². The Morgan fingerprint density at radius 1 is 1.15 bits per heavy atom. The molecule has 2 aromatic rings. The Hall–Kier alpha value is -2.24. The molecule has 0 bridgehead atoms. The molecular formula is C22H28FN3O. The zero-order valence-corrected chi connectivity index (χ0v) is 15.9. The molecule has 0 saturated carbocycles. The summed E-state index contributed by atoms with van der Waals surface area (Å²) in [6.07, 6.45) is 0.623. The van der Waals surface area contributed by atoms with E-state index < -0.39 is 0 Å². The van der Waals surface area contributed by atoms with Crippen LogP contribution < -0.4 is 5.73 Å². The van der Waals surface area contributed by atoms with E-state index in [9.17, 15) is 9.18 Å². The molecule has 1 heterocycles. The summed E-state index contributed by atoms with van der Waals surface area (Å²) in [5.74, 6) is -0.200. The number of piperazine rings is 1. The van der Waals surface area contributed by atoms with Gasteiger partial charge >= 0.3 is 0 Å². The fraction of sp³-hybridized carbons (Fsp3) is 0.409. The smallest absolute Gasteiger partial charge is 0.224 e. The van der Waals surface area contributed by atoms with Crippen molar-refractivity contribution >= 4 is 5.91 Å². The van der Waals surface area contributed by atoms with Crippen LogP contribution in [0.3, 0.4) is 0 Å². The van der Waals surface area contributed by atoms with Crippen molar-refractivity contribution in [3.8, 4) is 0 Å². The normalized spacial score (nSPS) is 19.1. The standard InChI is InChI=1S/C22H28FN3O/c1-17-15-25(16-18-7-3-2-4-8-18)11-12-26(17)22(27)14-20(24)13-19-9-5-6-10-21(19)23/h2-10,17,20H,11-16,24H2,1H3/t17-,20-/m1/s1.